The Labute approximate surface area is 196 Å². The van der Waals surface area contributed by atoms with Crippen LogP contribution in [0.2, 0.25) is 0 Å². The van der Waals surface area contributed by atoms with Crippen molar-refractivity contribution >= 4 is 22.0 Å². The van der Waals surface area contributed by atoms with E-state index in [9.17, 15) is 17.8 Å². The minimum absolute atomic E-state index is 0. The van der Waals surface area contributed by atoms with Gasteiger partial charge >= 0.3 is 35.7 Å². The molecule has 1 aromatic rings. The Kier molecular flexibility index (Phi) is 15.2. The van der Waals surface area contributed by atoms with E-state index in [0.29, 0.717) is 12.3 Å². The van der Waals surface area contributed by atoms with Crippen molar-refractivity contribution in [1.82, 2.24) is 0 Å². The van der Waals surface area contributed by atoms with Crippen molar-refractivity contribution in [3.05, 3.63) is 36.4 Å². The number of benzene rings is 1. The number of carbonyl (C=O) groups is 1. The molecule has 29 heavy (non-hydrogen) atoms. The van der Waals surface area contributed by atoms with Gasteiger partial charge in [0.05, 0.1) is 10.1 Å². The van der Waals surface area contributed by atoms with E-state index in [1.165, 1.54) is 19.3 Å². The fraction of sp³-hybridized carbons (Fsp3) is 0.550. The average Bonchev–Trinajstić information content (AvgIpc) is 2.62. The van der Waals surface area contributed by atoms with E-state index in [2.05, 4.69) is 12.2 Å². The summed E-state index contributed by atoms with van der Waals surface area (Å²) in [5.41, 5.74) is 0.725. The van der Waals surface area contributed by atoms with Crippen LogP contribution in [0, 0.1) is 0 Å². The van der Waals surface area contributed by atoms with E-state index in [1.54, 1.807) is 31.2 Å². The van der Waals surface area contributed by atoms with Crippen molar-refractivity contribution in [3.63, 3.8) is 0 Å². The summed E-state index contributed by atoms with van der Waals surface area (Å²) in [7, 11) is -4.19. The largest absolute Gasteiger partial charge is 1.00 e. The molecule has 0 saturated heterocycles. The molecule has 0 aliphatic rings. The van der Waals surface area contributed by atoms with E-state index in [-0.39, 0.29) is 42.1 Å². The summed E-state index contributed by atoms with van der Waals surface area (Å²) in [5.74, 6) is -0.0632. The molecule has 7 nitrogen and oxygen atoms in total. The summed E-state index contributed by atoms with van der Waals surface area (Å²) < 4.78 is 41.9. The van der Waals surface area contributed by atoms with Gasteiger partial charge in [-0.1, -0.05) is 32.3 Å². The van der Waals surface area contributed by atoms with Gasteiger partial charge in [0.15, 0.2) is 0 Å². The van der Waals surface area contributed by atoms with E-state index in [4.69, 9.17) is 9.47 Å². The van der Waals surface area contributed by atoms with Crippen molar-refractivity contribution in [2.45, 2.75) is 58.5 Å². The second kappa shape index (κ2) is 15.7. The number of carbonyl (C=O) groups excluding carboxylic acids is 1. The third-order valence-corrected chi connectivity index (χ3v) is 4.66. The number of rotatable bonds is 13. The van der Waals surface area contributed by atoms with Crippen molar-refractivity contribution in [2.24, 2.45) is 0 Å². The minimum Gasteiger partial charge on any atom is -0.748 e. The first-order valence-corrected chi connectivity index (χ1v) is 11.2. The van der Waals surface area contributed by atoms with Crippen molar-refractivity contribution in [1.29, 1.82) is 0 Å². The molecule has 0 spiro atoms. The van der Waals surface area contributed by atoms with E-state index in [1.807, 2.05) is 12.2 Å². The number of anilines is 1. The Morgan fingerprint density at radius 3 is 2.48 bits per heavy atom. The Morgan fingerprint density at radius 2 is 1.86 bits per heavy atom. The summed E-state index contributed by atoms with van der Waals surface area (Å²) >= 11 is 0. The molecule has 0 radical (unpaired) electrons. The van der Waals surface area contributed by atoms with Crippen LogP contribution in [0.3, 0.4) is 0 Å². The fourth-order valence-electron chi connectivity index (χ4n) is 2.41. The van der Waals surface area contributed by atoms with Crippen LogP contribution >= 0.6 is 0 Å². The molecule has 0 bridgehead atoms. The van der Waals surface area contributed by atoms with Gasteiger partial charge in [-0.05, 0) is 56.5 Å². The predicted octanol–water partition coefficient (Wildman–Crippen LogP) is 1.47. The zero-order valence-electron chi connectivity index (χ0n) is 17.6. The number of allylic oxidation sites excluding steroid dienone is 1. The van der Waals surface area contributed by atoms with Gasteiger partial charge in [-0.2, -0.15) is 0 Å². The van der Waals surface area contributed by atoms with E-state index < -0.39 is 22.0 Å². The molecular weight excluding hydrogens is 405 g/mol. The molecule has 158 valence electrons. The first-order valence-electron chi connectivity index (χ1n) is 9.63. The summed E-state index contributed by atoms with van der Waals surface area (Å²) in [5, 5.41) is 2.99. The van der Waals surface area contributed by atoms with Gasteiger partial charge in [-0.15, -0.1) is 0 Å². The van der Waals surface area contributed by atoms with Crippen molar-refractivity contribution in [2.75, 3.05) is 17.6 Å². The quantitative estimate of drug-likeness (QED) is 0.125. The normalized spacial score (nSPS) is 12.2. The predicted molar refractivity (Wildman–Crippen MR) is 109 cm³/mol. The second-order valence-corrected chi connectivity index (χ2v) is 8.04. The van der Waals surface area contributed by atoms with Crippen LogP contribution in [0.4, 0.5) is 10.5 Å². The number of nitrogens with one attached hydrogen (secondary N) is 1. The molecule has 1 atom stereocenters. The third kappa shape index (κ3) is 15.4. The minimum atomic E-state index is -4.19. The van der Waals surface area contributed by atoms with Gasteiger partial charge in [0.25, 0.3) is 0 Å². The fourth-order valence-corrected chi connectivity index (χ4v) is 2.91. The molecule has 1 N–H and O–H groups in total. The standard InChI is InChI=1S/C20H31NO6S.Na/c1-3-4-5-6-7-8-10-17(2)26-20(22)27-19-13-11-18(12-14-19)21-15-9-16-28(23,24)25;/h8,10-14,17,21H,3-7,9,15-16H2,1-2H3,(H,23,24,25);/q;+1/p-1/b10-8+;. The van der Waals surface area contributed by atoms with Crippen LogP contribution in [0.15, 0.2) is 36.4 Å². The Bertz CT molecular complexity index is 706. The summed E-state index contributed by atoms with van der Waals surface area (Å²) in [4.78, 5) is 11.8. The monoisotopic (exact) mass is 435 g/mol. The van der Waals surface area contributed by atoms with E-state index >= 15 is 0 Å². The van der Waals surface area contributed by atoms with Gasteiger partial charge in [-0.3, -0.25) is 0 Å². The summed E-state index contributed by atoms with van der Waals surface area (Å²) in [6.07, 6.45) is 8.71. The molecule has 0 fully saturated rings. The van der Waals surface area contributed by atoms with Crippen LogP contribution in [0.25, 0.3) is 0 Å². The maximum atomic E-state index is 11.8. The van der Waals surface area contributed by atoms with Gasteiger partial charge in [0, 0.05) is 18.0 Å². The summed E-state index contributed by atoms with van der Waals surface area (Å²) in [6, 6.07) is 6.58. The zero-order chi connectivity index (χ0) is 20.8. The number of unbranched alkanes of at least 4 members (excludes halogenated alkanes) is 4. The van der Waals surface area contributed by atoms with Crippen LogP contribution in [-0.2, 0) is 14.9 Å². The number of hydrogen-bond acceptors (Lipinski definition) is 7. The topological polar surface area (TPSA) is 105 Å². The molecule has 0 saturated carbocycles. The molecule has 0 aromatic heterocycles. The summed E-state index contributed by atoms with van der Waals surface area (Å²) in [6.45, 7) is 4.30. The molecular formula is C20H30NNaO6S. The SMILES string of the molecule is CCCCCC/C=C/C(C)OC(=O)Oc1ccc(NCCCS(=O)(=O)[O-])cc1.[Na+]. The van der Waals surface area contributed by atoms with Gasteiger partial charge in [0.2, 0.25) is 0 Å². The molecule has 1 rings (SSSR count). The third-order valence-electron chi connectivity index (χ3n) is 3.87. The van der Waals surface area contributed by atoms with Gasteiger partial charge < -0.3 is 19.3 Å². The Balaban J connectivity index is 0.00000784. The zero-order valence-corrected chi connectivity index (χ0v) is 20.4. The Morgan fingerprint density at radius 1 is 1.17 bits per heavy atom. The first kappa shape index (κ1) is 27.9. The van der Waals surface area contributed by atoms with Crippen LogP contribution in [0.5, 0.6) is 5.75 Å². The number of ether oxygens (including phenoxy) is 2. The molecule has 0 aliphatic heterocycles. The van der Waals surface area contributed by atoms with Crippen molar-refractivity contribution < 1.29 is 56.8 Å². The van der Waals surface area contributed by atoms with Gasteiger partial charge in [-0.25, -0.2) is 13.2 Å². The molecule has 9 heteroatoms. The van der Waals surface area contributed by atoms with Crippen LogP contribution in [-0.4, -0.2) is 37.5 Å². The molecule has 0 amide bonds. The van der Waals surface area contributed by atoms with Crippen molar-refractivity contribution in [3.8, 4) is 5.75 Å². The molecule has 0 heterocycles. The maximum Gasteiger partial charge on any atom is 1.00 e. The molecule has 0 aliphatic carbocycles. The molecule has 1 aromatic carbocycles. The average molecular weight is 436 g/mol. The van der Waals surface area contributed by atoms with Crippen LogP contribution in [0.1, 0.15) is 52.4 Å². The molecule has 1 unspecified atom stereocenters. The Hall–Kier alpha value is -1.06. The second-order valence-electron chi connectivity index (χ2n) is 6.52. The number of hydrogen-bond donors (Lipinski definition) is 1. The first-order chi connectivity index (χ1) is 13.3. The van der Waals surface area contributed by atoms with Gasteiger partial charge in [0.1, 0.15) is 11.9 Å². The smallest absolute Gasteiger partial charge is 0.748 e. The van der Waals surface area contributed by atoms with Crippen LogP contribution < -0.4 is 39.6 Å². The maximum absolute atomic E-state index is 11.8. The van der Waals surface area contributed by atoms with E-state index in [0.717, 1.165) is 18.5 Å².